The van der Waals surface area contributed by atoms with Gasteiger partial charge >= 0.3 is 18.0 Å². The van der Waals surface area contributed by atoms with E-state index in [4.69, 9.17) is 11.6 Å². The van der Waals surface area contributed by atoms with Crippen LogP contribution in [0.2, 0.25) is 5.02 Å². The third-order valence-electron chi connectivity index (χ3n) is 8.32. The van der Waals surface area contributed by atoms with E-state index in [2.05, 4.69) is 19.9 Å². The molecular weight excluding hydrogens is 573 g/mol. The van der Waals surface area contributed by atoms with E-state index < -0.39 is 46.6 Å². The molecule has 1 saturated carbocycles. The molecule has 1 aromatic carbocycles. The fraction of sp³-hybridized carbons (Fsp3) is 0.536. The average molecular weight is 608 g/mol. The van der Waals surface area contributed by atoms with E-state index in [1.807, 2.05) is 13.8 Å². The largest absolute Gasteiger partial charge is 0.478 e. The van der Waals surface area contributed by atoms with Gasteiger partial charge in [0, 0.05) is 37.1 Å². The van der Waals surface area contributed by atoms with Crippen LogP contribution in [0.4, 0.5) is 14.9 Å². The van der Waals surface area contributed by atoms with Gasteiger partial charge in [-0.2, -0.15) is 0 Å². The highest BCUT2D eigenvalue weighted by Gasteiger charge is 2.42. The number of carbonyl (C=O) groups is 4. The Balaban J connectivity index is 1.86. The Morgan fingerprint density at radius 1 is 1.24 bits per heavy atom. The minimum absolute atomic E-state index is 0.0354. The second kappa shape index (κ2) is 12.3. The summed E-state index contributed by atoms with van der Waals surface area (Å²) in [6.45, 7) is 8.23. The lowest BCUT2D eigenvalue weighted by Gasteiger charge is -2.41. The van der Waals surface area contributed by atoms with Gasteiger partial charge in [-0.1, -0.05) is 25.4 Å². The molecule has 14 heteroatoms. The first-order valence-electron chi connectivity index (χ1n) is 13.8. The van der Waals surface area contributed by atoms with Gasteiger partial charge in [-0.25, -0.2) is 23.8 Å². The third kappa shape index (κ3) is 5.93. The van der Waals surface area contributed by atoms with Crippen molar-refractivity contribution in [1.29, 1.82) is 0 Å². The zero-order valence-corrected chi connectivity index (χ0v) is 24.7. The molecule has 1 aromatic heterocycles. The standard InChI is InChI=1S/C28H35ClFN5O7/c1-5-33-10-11-34(15(2)14-33)22-17(29)12-18-23(21(22)30)35(19(26(39)40)13-20(36)37)25(32-18)24(38)28(3)8-6-16(7-9-28)31-27(41)42-4/h12-13,15-16H,5-11,14H2,1-4H3,(H,31,41)(H,36,37)(H,39,40)/b19-13-/t15-,16?,28?/m1/s1. The Morgan fingerprint density at radius 2 is 1.90 bits per heavy atom. The Labute approximate surface area is 247 Å². The number of carboxylic acid groups (broad SMARTS) is 2. The molecule has 2 heterocycles. The van der Waals surface area contributed by atoms with Crippen molar-refractivity contribution < 1.29 is 38.5 Å². The van der Waals surface area contributed by atoms with Crippen molar-refractivity contribution in [1.82, 2.24) is 19.8 Å². The smallest absolute Gasteiger partial charge is 0.407 e. The molecule has 2 aromatic rings. The summed E-state index contributed by atoms with van der Waals surface area (Å²) in [5, 5.41) is 22.3. The first-order chi connectivity index (χ1) is 19.8. The summed E-state index contributed by atoms with van der Waals surface area (Å²) >= 11 is 6.59. The van der Waals surface area contributed by atoms with Crippen molar-refractivity contribution >= 4 is 57.8 Å². The lowest BCUT2D eigenvalue weighted by atomic mass is 9.71. The van der Waals surface area contributed by atoms with E-state index in [1.165, 1.54) is 13.2 Å². The predicted octanol–water partition coefficient (Wildman–Crippen LogP) is 3.86. The van der Waals surface area contributed by atoms with Gasteiger partial charge < -0.3 is 25.2 Å². The number of fused-ring (bicyclic) bond motifs is 1. The van der Waals surface area contributed by atoms with E-state index in [0.29, 0.717) is 51.4 Å². The fourth-order valence-electron chi connectivity index (χ4n) is 5.92. The molecule has 4 rings (SSSR count). The summed E-state index contributed by atoms with van der Waals surface area (Å²) in [6, 6.07) is 1.01. The van der Waals surface area contributed by atoms with Crippen molar-refractivity contribution in [3.8, 4) is 0 Å². The number of rotatable bonds is 8. The monoisotopic (exact) mass is 607 g/mol. The minimum Gasteiger partial charge on any atom is -0.478 e. The van der Waals surface area contributed by atoms with Crippen LogP contribution >= 0.6 is 11.6 Å². The third-order valence-corrected chi connectivity index (χ3v) is 8.61. The lowest BCUT2D eigenvalue weighted by molar-refractivity contribution is -0.133. The van der Waals surface area contributed by atoms with Crippen molar-refractivity contribution in [2.45, 2.75) is 58.5 Å². The zero-order chi connectivity index (χ0) is 30.9. The molecule has 1 atom stereocenters. The van der Waals surface area contributed by atoms with Crippen LogP contribution in [-0.2, 0) is 14.3 Å². The molecule has 2 aliphatic rings. The average Bonchev–Trinajstić information content (AvgIpc) is 3.31. The number of imidazole rings is 1. The number of ether oxygens (including phenoxy) is 1. The molecule has 2 fully saturated rings. The number of nitrogens with one attached hydrogen (secondary N) is 1. The lowest BCUT2D eigenvalue weighted by Crippen LogP contribution is -2.52. The molecular formula is C28H35ClFN5O7. The van der Waals surface area contributed by atoms with Crippen LogP contribution in [-0.4, -0.2) is 93.9 Å². The van der Waals surface area contributed by atoms with Crippen LogP contribution in [0, 0.1) is 11.2 Å². The number of hydrogen-bond acceptors (Lipinski definition) is 8. The number of aromatic nitrogens is 2. The number of piperazine rings is 1. The van der Waals surface area contributed by atoms with Crippen molar-refractivity contribution in [3.63, 3.8) is 0 Å². The van der Waals surface area contributed by atoms with E-state index in [0.717, 1.165) is 11.1 Å². The van der Waals surface area contributed by atoms with Gasteiger partial charge in [-0.15, -0.1) is 0 Å². The summed E-state index contributed by atoms with van der Waals surface area (Å²) in [7, 11) is 1.25. The number of nitrogens with zero attached hydrogens (tertiary/aromatic N) is 4. The number of carboxylic acids is 2. The number of Topliss-reactive ketones (excluding diaryl/α,β-unsaturated/α-hetero) is 1. The number of likely N-dealkylation sites (N-methyl/N-ethyl adjacent to an activating group) is 1. The molecule has 42 heavy (non-hydrogen) atoms. The number of anilines is 1. The summed E-state index contributed by atoms with van der Waals surface area (Å²) in [6.07, 6.45) is 1.30. The highest BCUT2D eigenvalue weighted by Crippen LogP contribution is 2.42. The topological polar surface area (TPSA) is 154 Å². The Bertz CT molecular complexity index is 1450. The Hall–Kier alpha value is -3.71. The van der Waals surface area contributed by atoms with Gasteiger partial charge in [0.15, 0.2) is 11.6 Å². The number of hydrogen-bond donors (Lipinski definition) is 3. The maximum atomic E-state index is 16.6. The van der Waals surface area contributed by atoms with E-state index in [1.54, 1.807) is 11.8 Å². The molecule has 0 spiro atoms. The van der Waals surface area contributed by atoms with Crippen molar-refractivity contribution in [2.24, 2.45) is 5.41 Å². The first-order valence-corrected chi connectivity index (χ1v) is 14.2. The number of aliphatic carboxylic acids is 2. The molecule has 12 nitrogen and oxygen atoms in total. The number of amides is 1. The summed E-state index contributed by atoms with van der Waals surface area (Å²) < 4.78 is 22.0. The molecule has 228 valence electrons. The maximum absolute atomic E-state index is 16.6. The highest BCUT2D eigenvalue weighted by molar-refractivity contribution is 6.34. The number of alkyl carbamates (subject to hydrolysis) is 1. The highest BCUT2D eigenvalue weighted by atomic mass is 35.5. The Kier molecular flexibility index (Phi) is 9.12. The van der Waals surface area contributed by atoms with E-state index in [-0.39, 0.29) is 33.8 Å². The predicted molar refractivity (Wildman–Crippen MR) is 153 cm³/mol. The van der Waals surface area contributed by atoms with Crippen molar-refractivity contribution in [3.05, 3.63) is 28.8 Å². The molecule has 1 amide bonds. The van der Waals surface area contributed by atoms with Crippen LogP contribution in [0.25, 0.3) is 16.7 Å². The molecule has 0 unspecified atom stereocenters. The normalized spacial score (nSPS) is 23.6. The van der Waals surface area contributed by atoms with Gasteiger partial charge in [0.2, 0.25) is 5.78 Å². The van der Waals surface area contributed by atoms with Gasteiger partial charge in [0.25, 0.3) is 0 Å². The van der Waals surface area contributed by atoms with Crippen molar-refractivity contribution in [2.75, 3.05) is 38.2 Å². The van der Waals surface area contributed by atoms with Gasteiger partial charge in [0.05, 0.1) is 29.4 Å². The van der Waals surface area contributed by atoms with Gasteiger partial charge in [-0.3, -0.25) is 14.3 Å². The summed E-state index contributed by atoms with van der Waals surface area (Å²) in [5.74, 6) is -5.14. The SMILES string of the molecule is CCN1CCN(c2c(Cl)cc3nc(C(=O)C4(C)CCC(NC(=O)OC)CC4)n(/C(=C\C(=O)O)C(=O)O)c3c2F)[C@H](C)C1. The van der Waals surface area contributed by atoms with E-state index >= 15 is 4.39 Å². The number of carbonyl (C=O) groups excluding carboxylic acids is 2. The van der Waals surface area contributed by atoms with E-state index in [9.17, 15) is 29.4 Å². The van der Waals surface area contributed by atoms with Gasteiger partial charge in [-0.05, 0) is 45.2 Å². The van der Waals surface area contributed by atoms with Crippen LogP contribution < -0.4 is 10.2 Å². The summed E-state index contributed by atoms with van der Waals surface area (Å²) in [5.41, 5.74) is -2.27. The molecule has 0 radical (unpaired) electrons. The minimum atomic E-state index is -1.68. The molecule has 1 saturated heterocycles. The summed E-state index contributed by atoms with van der Waals surface area (Å²) in [4.78, 5) is 58.1. The van der Waals surface area contributed by atoms with Crippen LogP contribution in [0.5, 0.6) is 0 Å². The molecule has 0 bridgehead atoms. The first kappa shape index (κ1) is 31.2. The van der Waals surface area contributed by atoms with Gasteiger partial charge in [0.1, 0.15) is 11.2 Å². The second-order valence-corrected chi connectivity index (χ2v) is 11.5. The van der Waals surface area contributed by atoms with Crippen LogP contribution in [0.1, 0.15) is 57.1 Å². The maximum Gasteiger partial charge on any atom is 0.407 e. The van der Waals surface area contributed by atoms with Crippen LogP contribution in [0.3, 0.4) is 0 Å². The number of benzene rings is 1. The molecule has 1 aliphatic carbocycles. The van der Waals surface area contributed by atoms with Crippen LogP contribution in [0.15, 0.2) is 12.1 Å². The quantitative estimate of drug-likeness (QED) is 0.298. The zero-order valence-electron chi connectivity index (χ0n) is 23.9. The number of ketones is 1. The number of halogens is 2. The molecule has 1 aliphatic heterocycles. The Morgan fingerprint density at radius 3 is 2.45 bits per heavy atom. The number of methoxy groups -OCH3 is 1. The molecule has 3 N–H and O–H groups in total. The second-order valence-electron chi connectivity index (χ2n) is 11.1. The fourth-order valence-corrected chi connectivity index (χ4v) is 6.21.